The lowest BCUT2D eigenvalue weighted by Crippen LogP contribution is -2.23. The molecule has 90 valence electrons. The Morgan fingerprint density at radius 2 is 1.75 bits per heavy atom. The number of hydrogen-bond acceptors (Lipinski definition) is 2. The molecule has 1 rings (SSSR count). The maximum absolute atomic E-state index is 5.63. The molecule has 0 aliphatic rings. The number of nitrogens with two attached hydrogens (primary N) is 1. The summed E-state index contributed by atoms with van der Waals surface area (Å²) in [5.41, 5.74) is 9.59. The first kappa shape index (κ1) is 13.0. The Kier molecular flexibility index (Phi) is 4.81. The highest BCUT2D eigenvalue weighted by Crippen LogP contribution is 2.18. The number of hydrogen-bond donors (Lipinski definition) is 1. The van der Waals surface area contributed by atoms with Gasteiger partial charge in [-0.1, -0.05) is 13.0 Å². The summed E-state index contributed by atoms with van der Waals surface area (Å²) in [5, 5.41) is 0. The van der Waals surface area contributed by atoms with Gasteiger partial charge in [0.1, 0.15) is 0 Å². The van der Waals surface area contributed by atoms with Crippen LogP contribution in [0, 0.1) is 19.8 Å². The average Bonchev–Trinajstić information content (AvgIpc) is 2.23. The van der Waals surface area contributed by atoms with Gasteiger partial charge in [-0.15, -0.1) is 0 Å². The van der Waals surface area contributed by atoms with Crippen molar-refractivity contribution in [2.45, 2.75) is 27.2 Å². The molecule has 0 spiro atoms. The summed E-state index contributed by atoms with van der Waals surface area (Å²) in [6, 6.07) is 6.68. The quantitative estimate of drug-likeness (QED) is 0.826. The lowest BCUT2D eigenvalue weighted by molar-refractivity contribution is 0.545. The third kappa shape index (κ3) is 3.86. The molecular formula is C14H24N2. The van der Waals surface area contributed by atoms with E-state index in [1.165, 1.54) is 16.8 Å². The largest absolute Gasteiger partial charge is 0.375 e. The lowest BCUT2D eigenvalue weighted by Gasteiger charge is -2.22. The molecule has 0 aliphatic carbocycles. The number of nitrogens with zero attached hydrogens (tertiary/aromatic N) is 1. The number of rotatable bonds is 5. The van der Waals surface area contributed by atoms with Crippen LogP contribution in [0.5, 0.6) is 0 Å². The van der Waals surface area contributed by atoms with Crippen molar-refractivity contribution in [3.05, 3.63) is 29.3 Å². The molecule has 1 aromatic carbocycles. The third-order valence-electron chi connectivity index (χ3n) is 3.01. The van der Waals surface area contributed by atoms with Gasteiger partial charge < -0.3 is 10.6 Å². The minimum atomic E-state index is 0.605. The van der Waals surface area contributed by atoms with Crippen LogP contribution in [0.3, 0.4) is 0 Å². The highest BCUT2D eigenvalue weighted by atomic mass is 15.1. The van der Waals surface area contributed by atoms with Crippen molar-refractivity contribution in [1.29, 1.82) is 0 Å². The van der Waals surface area contributed by atoms with Crippen LogP contribution in [-0.2, 0) is 0 Å². The first-order valence-electron chi connectivity index (χ1n) is 6.02. The third-order valence-corrected chi connectivity index (χ3v) is 3.01. The predicted octanol–water partition coefficient (Wildman–Crippen LogP) is 2.72. The van der Waals surface area contributed by atoms with Gasteiger partial charge in [-0.05, 0) is 56.0 Å². The fourth-order valence-electron chi connectivity index (χ4n) is 1.83. The topological polar surface area (TPSA) is 29.3 Å². The zero-order valence-electron chi connectivity index (χ0n) is 11.0. The van der Waals surface area contributed by atoms with Gasteiger partial charge in [0.05, 0.1) is 0 Å². The van der Waals surface area contributed by atoms with Gasteiger partial charge in [-0.25, -0.2) is 0 Å². The summed E-state index contributed by atoms with van der Waals surface area (Å²) in [6.45, 7) is 8.34. The predicted molar refractivity (Wildman–Crippen MR) is 72.0 cm³/mol. The van der Waals surface area contributed by atoms with Crippen LogP contribution in [0.15, 0.2) is 18.2 Å². The van der Waals surface area contributed by atoms with E-state index in [0.29, 0.717) is 5.92 Å². The molecule has 2 nitrogen and oxygen atoms in total. The molecule has 1 aromatic rings. The molecule has 0 heterocycles. The minimum Gasteiger partial charge on any atom is -0.375 e. The van der Waals surface area contributed by atoms with Crippen molar-refractivity contribution < 1.29 is 0 Å². The molecule has 0 amide bonds. The smallest absolute Gasteiger partial charge is 0.0368 e. The summed E-state index contributed by atoms with van der Waals surface area (Å²) in [7, 11) is 2.15. The van der Waals surface area contributed by atoms with E-state index < -0.39 is 0 Å². The van der Waals surface area contributed by atoms with Crippen molar-refractivity contribution in [3.8, 4) is 0 Å². The Hall–Kier alpha value is -1.02. The second-order valence-corrected chi connectivity index (χ2v) is 4.90. The van der Waals surface area contributed by atoms with Gasteiger partial charge in [-0.2, -0.15) is 0 Å². The molecule has 2 heteroatoms. The number of anilines is 1. The Balaban J connectivity index is 2.62. The highest BCUT2D eigenvalue weighted by Gasteiger charge is 2.05. The molecule has 1 atom stereocenters. The maximum atomic E-state index is 5.63. The van der Waals surface area contributed by atoms with Crippen LogP contribution in [0.1, 0.15) is 24.5 Å². The Morgan fingerprint density at radius 1 is 1.19 bits per heavy atom. The first-order chi connectivity index (χ1) is 7.52. The lowest BCUT2D eigenvalue weighted by atomic mass is 10.1. The highest BCUT2D eigenvalue weighted by molar-refractivity contribution is 5.50. The first-order valence-corrected chi connectivity index (χ1v) is 6.02. The fourth-order valence-corrected chi connectivity index (χ4v) is 1.83. The van der Waals surface area contributed by atoms with Gasteiger partial charge >= 0.3 is 0 Å². The van der Waals surface area contributed by atoms with Gasteiger partial charge in [-0.3, -0.25) is 0 Å². The molecule has 0 saturated heterocycles. The van der Waals surface area contributed by atoms with E-state index in [2.05, 4.69) is 50.9 Å². The summed E-state index contributed by atoms with van der Waals surface area (Å²) < 4.78 is 0. The van der Waals surface area contributed by atoms with Crippen LogP contribution in [0.4, 0.5) is 5.69 Å². The number of benzene rings is 1. The van der Waals surface area contributed by atoms with E-state index in [9.17, 15) is 0 Å². The SMILES string of the molecule is Cc1cc(C)cc(N(C)CCC(C)CN)c1. The van der Waals surface area contributed by atoms with E-state index >= 15 is 0 Å². The monoisotopic (exact) mass is 220 g/mol. The van der Waals surface area contributed by atoms with Crippen LogP contribution < -0.4 is 10.6 Å². The fraction of sp³-hybridized carbons (Fsp3) is 0.571. The minimum absolute atomic E-state index is 0.605. The Labute approximate surface area is 99.5 Å². The van der Waals surface area contributed by atoms with Gasteiger partial charge in [0.25, 0.3) is 0 Å². The van der Waals surface area contributed by atoms with Crippen LogP contribution >= 0.6 is 0 Å². The van der Waals surface area contributed by atoms with Crippen molar-refractivity contribution in [2.75, 3.05) is 25.0 Å². The molecular weight excluding hydrogens is 196 g/mol. The molecule has 2 N–H and O–H groups in total. The molecule has 0 saturated carbocycles. The standard InChI is InChI=1S/C14H24N2/c1-11(10-15)5-6-16(4)14-8-12(2)7-13(3)9-14/h7-9,11H,5-6,10,15H2,1-4H3. The molecule has 0 aromatic heterocycles. The Bertz CT molecular complexity index is 313. The average molecular weight is 220 g/mol. The Morgan fingerprint density at radius 3 is 2.25 bits per heavy atom. The van der Waals surface area contributed by atoms with Gasteiger partial charge in [0.15, 0.2) is 0 Å². The van der Waals surface area contributed by atoms with E-state index in [1.54, 1.807) is 0 Å². The van der Waals surface area contributed by atoms with E-state index in [4.69, 9.17) is 5.73 Å². The summed E-state index contributed by atoms with van der Waals surface area (Å²) in [6.07, 6.45) is 1.15. The summed E-state index contributed by atoms with van der Waals surface area (Å²) in [5.74, 6) is 0.605. The second-order valence-electron chi connectivity index (χ2n) is 4.90. The second kappa shape index (κ2) is 5.90. The van der Waals surface area contributed by atoms with Crippen molar-refractivity contribution in [1.82, 2.24) is 0 Å². The summed E-state index contributed by atoms with van der Waals surface area (Å²) >= 11 is 0. The zero-order chi connectivity index (χ0) is 12.1. The van der Waals surface area contributed by atoms with Crippen LogP contribution in [0.25, 0.3) is 0 Å². The van der Waals surface area contributed by atoms with E-state index in [0.717, 1.165) is 19.5 Å². The molecule has 0 aliphatic heterocycles. The van der Waals surface area contributed by atoms with Crippen molar-refractivity contribution in [3.63, 3.8) is 0 Å². The summed E-state index contributed by atoms with van der Waals surface area (Å²) in [4.78, 5) is 2.31. The van der Waals surface area contributed by atoms with Gasteiger partial charge in [0.2, 0.25) is 0 Å². The normalized spacial score (nSPS) is 12.6. The molecule has 0 radical (unpaired) electrons. The van der Waals surface area contributed by atoms with Crippen LogP contribution in [-0.4, -0.2) is 20.1 Å². The zero-order valence-corrected chi connectivity index (χ0v) is 11.0. The molecule has 0 bridgehead atoms. The van der Waals surface area contributed by atoms with E-state index in [-0.39, 0.29) is 0 Å². The molecule has 1 unspecified atom stereocenters. The van der Waals surface area contributed by atoms with Crippen molar-refractivity contribution in [2.24, 2.45) is 11.7 Å². The molecule has 16 heavy (non-hydrogen) atoms. The number of aryl methyl sites for hydroxylation is 2. The van der Waals surface area contributed by atoms with E-state index in [1.807, 2.05) is 0 Å². The maximum Gasteiger partial charge on any atom is 0.0368 e. The molecule has 0 fully saturated rings. The van der Waals surface area contributed by atoms with Gasteiger partial charge in [0, 0.05) is 19.3 Å². The van der Waals surface area contributed by atoms with Crippen LogP contribution in [0.2, 0.25) is 0 Å². The van der Waals surface area contributed by atoms with Crippen molar-refractivity contribution >= 4 is 5.69 Å².